The van der Waals surface area contributed by atoms with Gasteiger partial charge in [0, 0.05) is 36.2 Å². The predicted octanol–water partition coefficient (Wildman–Crippen LogP) is 2.98. The van der Waals surface area contributed by atoms with Crippen molar-refractivity contribution in [1.29, 1.82) is 0 Å². The predicted molar refractivity (Wildman–Crippen MR) is 79.9 cm³/mol. The monoisotopic (exact) mass is 258 g/mol. The first-order valence-corrected chi connectivity index (χ1v) is 8.21. The molecule has 0 saturated carbocycles. The highest BCUT2D eigenvalue weighted by atomic mass is 32.2. The number of hydrogen-bond donors (Lipinski definition) is 1. The van der Waals surface area contributed by atoms with Crippen LogP contribution in [0.2, 0.25) is 0 Å². The molecule has 1 N–H and O–H groups in total. The Morgan fingerprint density at radius 2 is 1.82 bits per heavy atom. The molecule has 0 aromatic carbocycles. The molecule has 0 aliphatic carbocycles. The molecular formula is C14H30N2S. The van der Waals surface area contributed by atoms with Crippen LogP contribution in [-0.2, 0) is 0 Å². The van der Waals surface area contributed by atoms with Crippen molar-refractivity contribution in [2.75, 3.05) is 26.2 Å². The summed E-state index contributed by atoms with van der Waals surface area (Å²) in [4.78, 5) is 2.72. The number of thioether (sulfide) groups is 1. The molecule has 2 nitrogen and oxygen atoms in total. The van der Waals surface area contributed by atoms with Crippen LogP contribution in [0.4, 0.5) is 0 Å². The molecule has 1 aliphatic heterocycles. The van der Waals surface area contributed by atoms with Gasteiger partial charge in [0.05, 0.1) is 0 Å². The van der Waals surface area contributed by atoms with Gasteiger partial charge in [0.15, 0.2) is 0 Å². The molecule has 1 rings (SSSR count). The Bertz CT molecular complexity index is 189. The van der Waals surface area contributed by atoms with Crippen LogP contribution in [0.25, 0.3) is 0 Å². The van der Waals surface area contributed by atoms with Crippen molar-refractivity contribution >= 4 is 11.8 Å². The van der Waals surface area contributed by atoms with Gasteiger partial charge in [-0.25, -0.2) is 0 Å². The summed E-state index contributed by atoms with van der Waals surface area (Å²) in [6.45, 7) is 14.2. The van der Waals surface area contributed by atoms with Crippen LogP contribution in [-0.4, -0.2) is 47.6 Å². The van der Waals surface area contributed by atoms with Gasteiger partial charge in [-0.2, -0.15) is 11.8 Å². The fourth-order valence-corrected chi connectivity index (χ4v) is 4.06. The first-order valence-electron chi connectivity index (χ1n) is 7.27. The van der Waals surface area contributed by atoms with Gasteiger partial charge in [-0.15, -0.1) is 0 Å². The van der Waals surface area contributed by atoms with E-state index in [1.807, 2.05) is 0 Å². The van der Waals surface area contributed by atoms with E-state index in [0.717, 1.165) is 23.1 Å². The zero-order valence-electron chi connectivity index (χ0n) is 12.0. The summed E-state index contributed by atoms with van der Waals surface area (Å²) in [5.41, 5.74) is 0. The topological polar surface area (TPSA) is 15.3 Å². The maximum Gasteiger partial charge on any atom is 0.0221 e. The van der Waals surface area contributed by atoms with Crippen molar-refractivity contribution in [3.05, 3.63) is 0 Å². The van der Waals surface area contributed by atoms with E-state index in [-0.39, 0.29) is 0 Å². The van der Waals surface area contributed by atoms with E-state index in [2.05, 4.69) is 49.7 Å². The second-order valence-electron chi connectivity index (χ2n) is 5.36. The summed E-state index contributed by atoms with van der Waals surface area (Å²) < 4.78 is 0. The zero-order chi connectivity index (χ0) is 12.7. The molecule has 3 unspecified atom stereocenters. The third-order valence-electron chi connectivity index (χ3n) is 3.39. The van der Waals surface area contributed by atoms with Gasteiger partial charge in [0.2, 0.25) is 0 Å². The maximum atomic E-state index is 3.60. The number of hydrogen-bond acceptors (Lipinski definition) is 3. The zero-order valence-corrected chi connectivity index (χ0v) is 12.9. The van der Waals surface area contributed by atoms with Crippen molar-refractivity contribution in [2.45, 2.75) is 63.5 Å². The van der Waals surface area contributed by atoms with Gasteiger partial charge < -0.3 is 5.32 Å². The van der Waals surface area contributed by atoms with Crippen LogP contribution in [0.5, 0.6) is 0 Å². The molecule has 0 aromatic rings. The summed E-state index contributed by atoms with van der Waals surface area (Å²) in [5.74, 6) is 0. The quantitative estimate of drug-likeness (QED) is 0.707. The van der Waals surface area contributed by atoms with Gasteiger partial charge in [0.25, 0.3) is 0 Å². The second-order valence-corrected chi connectivity index (χ2v) is 7.24. The minimum atomic E-state index is 0.748. The second kappa shape index (κ2) is 8.39. The van der Waals surface area contributed by atoms with Crippen LogP contribution in [0.3, 0.4) is 0 Å². The van der Waals surface area contributed by atoms with Crippen LogP contribution in [0.15, 0.2) is 0 Å². The van der Waals surface area contributed by atoms with Gasteiger partial charge in [-0.1, -0.05) is 34.1 Å². The van der Waals surface area contributed by atoms with Crippen molar-refractivity contribution in [1.82, 2.24) is 10.2 Å². The molecule has 1 heterocycles. The van der Waals surface area contributed by atoms with E-state index < -0.39 is 0 Å². The molecule has 0 bridgehead atoms. The minimum absolute atomic E-state index is 0.748. The van der Waals surface area contributed by atoms with E-state index in [1.54, 1.807) is 0 Å². The SMILES string of the molecule is CCCNCC(CCC)N1CC(C)SC(C)C1. The lowest BCUT2D eigenvalue weighted by Gasteiger charge is -2.40. The van der Waals surface area contributed by atoms with Gasteiger partial charge >= 0.3 is 0 Å². The molecule has 0 aromatic heterocycles. The largest absolute Gasteiger partial charge is 0.315 e. The number of rotatable bonds is 7. The Morgan fingerprint density at radius 1 is 1.18 bits per heavy atom. The molecule has 17 heavy (non-hydrogen) atoms. The van der Waals surface area contributed by atoms with Crippen LogP contribution >= 0.6 is 11.8 Å². The molecule has 1 saturated heterocycles. The molecule has 0 spiro atoms. The summed E-state index contributed by atoms with van der Waals surface area (Å²) in [5, 5.41) is 5.19. The molecule has 3 heteroatoms. The van der Waals surface area contributed by atoms with Gasteiger partial charge in [-0.05, 0) is 19.4 Å². The summed E-state index contributed by atoms with van der Waals surface area (Å²) >= 11 is 2.15. The number of nitrogens with one attached hydrogen (secondary N) is 1. The fourth-order valence-electron chi connectivity index (χ4n) is 2.71. The van der Waals surface area contributed by atoms with E-state index in [1.165, 1.54) is 38.9 Å². The molecule has 3 atom stereocenters. The Hall–Kier alpha value is 0.270. The van der Waals surface area contributed by atoms with Crippen molar-refractivity contribution in [2.24, 2.45) is 0 Å². The third-order valence-corrected chi connectivity index (χ3v) is 4.62. The fraction of sp³-hybridized carbons (Fsp3) is 1.00. The Kier molecular flexibility index (Phi) is 7.56. The van der Waals surface area contributed by atoms with Gasteiger partial charge in [-0.3, -0.25) is 4.90 Å². The van der Waals surface area contributed by atoms with E-state index in [0.29, 0.717) is 0 Å². The minimum Gasteiger partial charge on any atom is -0.315 e. The van der Waals surface area contributed by atoms with E-state index in [9.17, 15) is 0 Å². The lowest BCUT2D eigenvalue weighted by molar-refractivity contribution is 0.179. The Labute approximate surface area is 112 Å². The molecular weight excluding hydrogens is 228 g/mol. The summed E-state index contributed by atoms with van der Waals surface area (Å²) in [6.07, 6.45) is 3.87. The average Bonchev–Trinajstić information content (AvgIpc) is 2.27. The van der Waals surface area contributed by atoms with Gasteiger partial charge in [0.1, 0.15) is 0 Å². The molecule has 0 radical (unpaired) electrons. The van der Waals surface area contributed by atoms with Crippen molar-refractivity contribution in [3.8, 4) is 0 Å². The molecule has 0 amide bonds. The molecule has 1 fully saturated rings. The van der Waals surface area contributed by atoms with E-state index >= 15 is 0 Å². The van der Waals surface area contributed by atoms with E-state index in [4.69, 9.17) is 0 Å². The van der Waals surface area contributed by atoms with Crippen molar-refractivity contribution in [3.63, 3.8) is 0 Å². The lowest BCUT2D eigenvalue weighted by atomic mass is 10.1. The Balaban J connectivity index is 2.43. The van der Waals surface area contributed by atoms with Crippen molar-refractivity contribution < 1.29 is 0 Å². The van der Waals surface area contributed by atoms with Crippen LogP contribution < -0.4 is 5.32 Å². The normalized spacial score (nSPS) is 28.2. The Morgan fingerprint density at radius 3 is 2.35 bits per heavy atom. The lowest BCUT2D eigenvalue weighted by Crippen LogP contribution is -2.50. The smallest absolute Gasteiger partial charge is 0.0221 e. The highest BCUT2D eigenvalue weighted by Gasteiger charge is 2.26. The third kappa shape index (κ3) is 5.62. The maximum absolute atomic E-state index is 3.60. The van der Waals surface area contributed by atoms with Crippen LogP contribution in [0.1, 0.15) is 47.0 Å². The average molecular weight is 258 g/mol. The highest BCUT2D eigenvalue weighted by Crippen LogP contribution is 2.26. The molecule has 1 aliphatic rings. The molecule has 102 valence electrons. The number of nitrogens with zero attached hydrogens (tertiary/aromatic N) is 1. The standard InChI is InChI=1S/C14H30N2S/c1-5-7-14(9-15-8-6-2)16-10-12(3)17-13(4)11-16/h12-15H,5-11H2,1-4H3. The first-order chi connectivity index (χ1) is 8.17. The first kappa shape index (κ1) is 15.3. The van der Waals surface area contributed by atoms with Crippen LogP contribution in [0, 0.1) is 0 Å². The summed E-state index contributed by atoms with van der Waals surface area (Å²) in [6, 6.07) is 0.748. The highest BCUT2D eigenvalue weighted by molar-refractivity contribution is 8.00. The summed E-state index contributed by atoms with van der Waals surface area (Å²) in [7, 11) is 0.